The third kappa shape index (κ3) is 2.97. The average Bonchev–Trinajstić information content (AvgIpc) is 2.68. The molecule has 0 unspecified atom stereocenters. The van der Waals surface area contributed by atoms with Crippen molar-refractivity contribution in [1.29, 1.82) is 0 Å². The second kappa shape index (κ2) is 6.29. The maximum Gasteiger partial charge on any atom is 0.330 e. The molecule has 0 bridgehead atoms. The van der Waals surface area contributed by atoms with Crippen LogP contribution in [-0.4, -0.2) is 51.3 Å². The maximum absolute atomic E-state index is 11.6. The lowest BCUT2D eigenvalue weighted by Crippen LogP contribution is -2.37. The summed E-state index contributed by atoms with van der Waals surface area (Å²) < 4.78 is 6.37. The van der Waals surface area contributed by atoms with Gasteiger partial charge in [0.1, 0.15) is 24.9 Å². The van der Waals surface area contributed by atoms with Crippen molar-refractivity contribution >= 4 is 0 Å². The van der Waals surface area contributed by atoms with Crippen molar-refractivity contribution in [1.82, 2.24) is 9.55 Å². The summed E-state index contributed by atoms with van der Waals surface area (Å²) in [4.78, 5) is 34.1. The van der Waals surface area contributed by atoms with Crippen LogP contribution in [0.1, 0.15) is 13.2 Å². The molecule has 4 atom stereocenters. The summed E-state index contributed by atoms with van der Waals surface area (Å²) >= 11 is 0. The van der Waals surface area contributed by atoms with Crippen LogP contribution in [0.4, 0.5) is 0 Å². The van der Waals surface area contributed by atoms with Crippen molar-refractivity contribution in [3.8, 4) is 0 Å². The van der Waals surface area contributed by atoms with Crippen LogP contribution in [-0.2, 0) is 14.5 Å². The van der Waals surface area contributed by atoms with Gasteiger partial charge in [0, 0.05) is 12.3 Å². The number of hydrogen-bond acceptors (Lipinski definition) is 7. The predicted molar refractivity (Wildman–Crippen MR) is 64.8 cm³/mol. The summed E-state index contributed by atoms with van der Waals surface area (Å²) in [7, 11) is 0. The number of nitrogens with zero attached hydrogens (tertiary/aromatic N) is 1. The average molecular weight is 288 g/mol. The van der Waals surface area contributed by atoms with Crippen LogP contribution < -0.4 is 11.2 Å². The first-order valence-corrected chi connectivity index (χ1v) is 6.12. The van der Waals surface area contributed by atoms with Gasteiger partial charge in [0.2, 0.25) is 0 Å². The fourth-order valence-electron chi connectivity index (χ4n) is 1.92. The topological polar surface area (TPSA) is 123 Å². The number of aliphatic hydroxyl groups is 2. The van der Waals surface area contributed by atoms with Crippen molar-refractivity contribution in [3.63, 3.8) is 0 Å². The largest absolute Gasteiger partial charge is 0.387 e. The van der Waals surface area contributed by atoms with Gasteiger partial charge in [-0.05, 0) is 6.92 Å². The van der Waals surface area contributed by atoms with Gasteiger partial charge in [-0.2, -0.15) is 0 Å². The summed E-state index contributed by atoms with van der Waals surface area (Å²) in [5.74, 6) is 0. The van der Waals surface area contributed by atoms with E-state index in [0.29, 0.717) is 6.61 Å². The molecule has 1 aliphatic rings. The Kier molecular flexibility index (Phi) is 4.68. The molecule has 2 rings (SSSR count). The molecule has 2 heterocycles. The lowest BCUT2D eigenvalue weighted by molar-refractivity contribution is -0.307. The molecular formula is C11H16N2O7. The molecule has 1 saturated heterocycles. The highest BCUT2D eigenvalue weighted by Gasteiger charge is 2.44. The summed E-state index contributed by atoms with van der Waals surface area (Å²) in [5.41, 5.74) is -1.30. The Labute approximate surface area is 113 Å². The highest BCUT2D eigenvalue weighted by atomic mass is 17.2. The Morgan fingerprint density at radius 3 is 2.75 bits per heavy atom. The predicted octanol–water partition coefficient (Wildman–Crippen LogP) is -1.88. The minimum Gasteiger partial charge on any atom is -0.387 e. The fraction of sp³-hybridized carbons (Fsp3) is 0.636. The van der Waals surface area contributed by atoms with E-state index in [4.69, 9.17) is 9.62 Å². The molecule has 0 amide bonds. The third-order valence-corrected chi connectivity index (χ3v) is 2.90. The number of ether oxygens (including phenoxy) is 1. The number of aliphatic hydroxyl groups excluding tert-OH is 2. The van der Waals surface area contributed by atoms with Crippen LogP contribution in [0.2, 0.25) is 0 Å². The van der Waals surface area contributed by atoms with Crippen LogP contribution >= 0.6 is 0 Å². The molecule has 0 radical (unpaired) electrons. The van der Waals surface area contributed by atoms with E-state index >= 15 is 0 Å². The van der Waals surface area contributed by atoms with E-state index in [1.165, 1.54) is 6.20 Å². The SMILES string of the molecule is CCOOC[C@H]1O[C@@H](n2ccc(=O)[nH]c2=O)[C@H](O)[C@@H]1O. The van der Waals surface area contributed by atoms with Gasteiger partial charge in [-0.15, -0.1) is 0 Å². The quantitative estimate of drug-likeness (QED) is 0.329. The number of H-pyrrole nitrogens is 1. The fourth-order valence-corrected chi connectivity index (χ4v) is 1.92. The number of aromatic nitrogens is 2. The first-order valence-electron chi connectivity index (χ1n) is 6.12. The van der Waals surface area contributed by atoms with Gasteiger partial charge in [0.15, 0.2) is 6.23 Å². The number of aromatic amines is 1. The lowest BCUT2D eigenvalue weighted by atomic mass is 10.1. The van der Waals surface area contributed by atoms with Crippen molar-refractivity contribution < 1.29 is 24.7 Å². The molecule has 112 valence electrons. The zero-order valence-corrected chi connectivity index (χ0v) is 10.8. The van der Waals surface area contributed by atoms with Gasteiger partial charge in [-0.3, -0.25) is 14.3 Å². The van der Waals surface area contributed by atoms with E-state index in [0.717, 1.165) is 10.6 Å². The molecule has 3 N–H and O–H groups in total. The Balaban J connectivity index is 2.13. The summed E-state index contributed by atoms with van der Waals surface area (Å²) in [6.45, 7) is 1.96. The smallest absolute Gasteiger partial charge is 0.330 e. The summed E-state index contributed by atoms with van der Waals surface area (Å²) in [6.07, 6.45) is -3.33. The second-order valence-electron chi connectivity index (χ2n) is 4.25. The van der Waals surface area contributed by atoms with Gasteiger partial charge >= 0.3 is 5.69 Å². The molecule has 20 heavy (non-hydrogen) atoms. The standard InChI is InChI=1S/C11H16N2O7/c1-2-18-19-5-6-8(15)9(16)10(20-6)13-4-3-7(14)12-11(13)17/h3-4,6,8-10,15-16H,2,5H2,1H3,(H,12,14,17)/t6-,8-,9-,10-/m1/s1. The van der Waals surface area contributed by atoms with Gasteiger partial charge in [0.25, 0.3) is 5.56 Å². The molecule has 9 nitrogen and oxygen atoms in total. The van der Waals surface area contributed by atoms with Crippen LogP contribution in [0.25, 0.3) is 0 Å². The van der Waals surface area contributed by atoms with E-state index in [1.807, 2.05) is 4.98 Å². The molecular weight excluding hydrogens is 272 g/mol. The van der Waals surface area contributed by atoms with Crippen molar-refractivity contribution in [3.05, 3.63) is 33.1 Å². The summed E-state index contributed by atoms with van der Waals surface area (Å²) in [5, 5.41) is 19.7. The number of nitrogens with one attached hydrogen (secondary N) is 1. The lowest BCUT2D eigenvalue weighted by Gasteiger charge is -2.16. The Morgan fingerprint density at radius 2 is 2.10 bits per heavy atom. The van der Waals surface area contributed by atoms with Crippen LogP contribution in [0.15, 0.2) is 21.9 Å². The monoisotopic (exact) mass is 288 g/mol. The van der Waals surface area contributed by atoms with E-state index in [9.17, 15) is 19.8 Å². The highest BCUT2D eigenvalue weighted by molar-refractivity contribution is 4.93. The van der Waals surface area contributed by atoms with E-state index in [1.54, 1.807) is 6.92 Å². The summed E-state index contributed by atoms with van der Waals surface area (Å²) in [6, 6.07) is 1.12. The van der Waals surface area contributed by atoms with E-state index < -0.39 is 35.8 Å². The Hall–Kier alpha value is -1.52. The Bertz CT molecular complexity index is 554. The first kappa shape index (κ1) is 14.9. The normalized spacial score (nSPS) is 29.8. The van der Waals surface area contributed by atoms with Crippen LogP contribution in [0, 0.1) is 0 Å². The van der Waals surface area contributed by atoms with Crippen molar-refractivity contribution in [2.75, 3.05) is 13.2 Å². The Morgan fingerprint density at radius 1 is 1.35 bits per heavy atom. The zero-order chi connectivity index (χ0) is 14.7. The molecule has 1 aromatic heterocycles. The molecule has 9 heteroatoms. The minimum absolute atomic E-state index is 0.0966. The van der Waals surface area contributed by atoms with Crippen molar-refractivity contribution in [2.24, 2.45) is 0 Å². The molecule has 0 saturated carbocycles. The number of rotatable bonds is 5. The zero-order valence-electron chi connectivity index (χ0n) is 10.8. The first-order chi connectivity index (χ1) is 9.54. The van der Waals surface area contributed by atoms with Crippen LogP contribution in [0.3, 0.4) is 0 Å². The van der Waals surface area contributed by atoms with Gasteiger partial charge in [-0.25, -0.2) is 14.6 Å². The maximum atomic E-state index is 11.6. The van der Waals surface area contributed by atoms with Gasteiger partial charge in [-0.1, -0.05) is 0 Å². The minimum atomic E-state index is -1.33. The highest BCUT2D eigenvalue weighted by Crippen LogP contribution is 2.28. The molecule has 0 aromatic carbocycles. The van der Waals surface area contributed by atoms with Crippen LogP contribution in [0.5, 0.6) is 0 Å². The van der Waals surface area contributed by atoms with Crippen molar-refractivity contribution in [2.45, 2.75) is 31.5 Å². The third-order valence-electron chi connectivity index (χ3n) is 2.90. The molecule has 1 fully saturated rings. The van der Waals surface area contributed by atoms with E-state index in [2.05, 4.69) is 4.89 Å². The van der Waals surface area contributed by atoms with E-state index in [-0.39, 0.29) is 6.61 Å². The van der Waals surface area contributed by atoms with Gasteiger partial charge < -0.3 is 14.9 Å². The molecule has 1 aromatic rings. The molecule has 1 aliphatic heterocycles. The molecule has 0 aliphatic carbocycles. The molecule has 0 spiro atoms. The number of hydrogen-bond donors (Lipinski definition) is 3. The second-order valence-corrected chi connectivity index (χ2v) is 4.25. The van der Waals surface area contributed by atoms with Gasteiger partial charge in [0.05, 0.1) is 6.61 Å².